The molecule has 1 aliphatic rings. The summed E-state index contributed by atoms with van der Waals surface area (Å²) in [5.74, 6) is 0.00881. The SMILES string of the molecule is CNC(=O)[C@H]1CCCN1N=Nc1ccccc1. The highest BCUT2D eigenvalue weighted by atomic mass is 16.2. The minimum Gasteiger partial charge on any atom is -0.357 e. The molecule has 1 aromatic rings. The Bertz CT molecular complexity index is 404. The molecule has 0 spiro atoms. The number of hydrogen-bond acceptors (Lipinski definition) is 3. The second-order valence-corrected chi connectivity index (χ2v) is 3.96. The first-order chi connectivity index (χ1) is 8.31. The lowest BCUT2D eigenvalue weighted by Crippen LogP contribution is -2.39. The van der Waals surface area contributed by atoms with Crippen LogP contribution in [-0.2, 0) is 4.79 Å². The fourth-order valence-corrected chi connectivity index (χ4v) is 1.90. The third-order valence-corrected chi connectivity index (χ3v) is 2.80. The zero-order chi connectivity index (χ0) is 12.1. The molecular formula is C12H16N4O. The van der Waals surface area contributed by atoms with Crippen LogP contribution in [0.25, 0.3) is 0 Å². The minimum atomic E-state index is -0.174. The smallest absolute Gasteiger partial charge is 0.244 e. The molecule has 1 heterocycles. The first kappa shape index (κ1) is 11.6. The molecule has 1 saturated heterocycles. The highest BCUT2D eigenvalue weighted by Gasteiger charge is 2.29. The summed E-state index contributed by atoms with van der Waals surface area (Å²) in [6, 6.07) is 9.35. The van der Waals surface area contributed by atoms with Crippen molar-refractivity contribution < 1.29 is 4.79 Å². The van der Waals surface area contributed by atoms with Crippen LogP contribution >= 0.6 is 0 Å². The summed E-state index contributed by atoms with van der Waals surface area (Å²) in [5, 5.41) is 12.7. The Balaban J connectivity index is 2.03. The summed E-state index contributed by atoms with van der Waals surface area (Å²) in [4.78, 5) is 11.6. The van der Waals surface area contributed by atoms with Crippen molar-refractivity contribution in [2.24, 2.45) is 10.3 Å². The van der Waals surface area contributed by atoms with E-state index >= 15 is 0 Å². The monoisotopic (exact) mass is 232 g/mol. The fraction of sp³-hybridized carbons (Fsp3) is 0.417. The van der Waals surface area contributed by atoms with Gasteiger partial charge >= 0.3 is 0 Å². The van der Waals surface area contributed by atoms with E-state index in [0.29, 0.717) is 0 Å². The molecule has 1 fully saturated rings. The molecule has 1 N–H and O–H groups in total. The highest BCUT2D eigenvalue weighted by molar-refractivity contribution is 5.81. The van der Waals surface area contributed by atoms with Gasteiger partial charge in [0.2, 0.25) is 5.91 Å². The Kier molecular flexibility index (Phi) is 3.69. The minimum absolute atomic E-state index is 0.00881. The van der Waals surface area contributed by atoms with Gasteiger partial charge in [-0.05, 0) is 25.0 Å². The summed E-state index contributed by atoms with van der Waals surface area (Å²) in [5.41, 5.74) is 0.801. The Morgan fingerprint density at radius 1 is 1.41 bits per heavy atom. The van der Waals surface area contributed by atoms with Gasteiger partial charge in [-0.25, -0.2) is 0 Å². The van der Waals surface area contributed by atoms with E-state index in [1.807, 2.05) is 30.3 Å². The van der Waals surface area contributed by atoms with Crippen molar-refractivity contribution in [3.05, 3.63) is 30.3 Å². The van der Waals surface area contributed by atoms with Gasteiger partial charge in [-0.2, -0.15) is 0 Å². The van der Waals surface area contributed by atoms with Gasteiger partial charge in [0.15, 0.2) is 0 Å². The first-order valence-electron chi connectivity index (χ1n) is 5.76. The van der Waals surface area contributed by atoms with Crippen molar-refractivity contribution in [3.63, 3.8) is 0 Å². The van der Waals surface area contributed by atoms with Crippen molar-refractivity contribution in [3.8, 4) is 0 Å². The van der Waals surface area contributed by atoms with Crippen molar-refractivity contribution in [2.45, 2.75) is 18.9 Å². The first-order valence-corrected chi connectivity index (χ1v) is 5.76. The van der Waals surface area contributed by atoms with E-state index < -0.39 is 0 Å². The summed E-state index contributed by atoms with van der Waals surface area (Å²) in [6.45, 7) is 0.786. The van der Waals surface area contributed by atoms with E-state index in [2.05, 4.69) is 15.7 Å². The number of benzene rings is 1. The highest BCUT2D eigenvalue weighted by Crippen LogP contribution is 2.19. The topological polar surface area (TPSA) is 57.1 Å². The summed E-state index contributed by atoms with van der Waals surface area (Å²) in [7, 11) is 1.65. The largest absolute Gasteiger partial charge is 0.357 e. The molecule has 17 heavy (non-hydrogen) atoms. The number of carbonyl (C=O) groups is 1. The molecule has 0 aliphatic carbocycles. The van der Waals surface area contributed by atoms with Crippen molar-refractivity contribution >= 4 is 11.6 Å². The van der Waals surface area contributed by atoms with Gasteiger partial charge in [-0.15, -0.1) is 5.11 Å². The lowest BCUT2D eigenvalue weighted by Gasteiger charge is -2.17. The molecule has 0 radical (unpaired) electrons. The Hall–Kier alpha value is -1.91. The van der Waals surface area contributed by atoms with Crippen LogP contribution in [0.2, 0.25) is 0 Å². The molecule has 5 heteroatoms. The lowest BCUT2D eigenvalue weighted by atomic mass is 10.2. The fourth-order valence-electron chi connectivity index (χ4n) is 1.90. The number of amides is 1. The second kappa shape index (κ2) is 5.43. The van der Waals surface area contributed by atoms with Gasteiger partial charge < -0.3 is 5.32 Å². The zero-order valence-corrected chi connectivity index (χ0v) is 9.84. The second-order valence-electron chi connectivity index (χ2n) is 3.96. The summed E-state index contributed by atoms with van der Waals surface area (Å²) in [6.07, 6.45) is 1.82. The van der Waals surface area contributed by atoms with Crippen molar-refractivity contribution in [2.75, 3.05) is 13.6 Å². The average Bonchev–Trinajstić information content (AvgIpc) is 2.85. The van der Waals surface area contributed by atoms with E-state index in [9.17, 15) is 4.79 Å². The van der Waals surface area contributed by atoms with Crippen LogP contribution in [0.5, 0.6) is 0 Å². The van der Waals surface area contributed by atoms with Crippen LogP contribution in [-0.4, -0.2) is 30.6 Å². The van der Waals surface area contributed by atoms with Crippen LogP contribution in [0.1, 0.15) is 12.8 Å². The maximum absolute atomic E-state index is 11.6. The Morgan fingerprint density at radius 3 is 2.88 bits per heavy atom. The lowest BCUT2D eigenvalue weighted by molar-refractivity contribution is -0.125. The molecule has 1 amide bonds. The third kappa shape index (κ3) is 2.81. The molecule has 2 rings (SSSR count). The van der Waals surface area contributed by atoms with Crippen LogP contribution < -0.4 is 5.32 Å². The van der Waals surface area contributed by atoms with Crippen LogP contribution in [0.4, 0.5) is 5.69 Å². The number of nitrogens with one attached hydrogen (secondary N) is 1. The van der Waals surface area contributed by atoms with Gasteiger partial charge in [0.25, 0.3) is 0 Å². The van der Waals surface area contributed by atoms with Crippen molar-refractivity contribution in [1.82, 2.24) is 10.3 Å². The van der Waals surface area contributed by atoms with Crippen LogP contribution in [0, 0.1) is 0 Å². The normalized spacial score (nSPS) is 19.8. The number of likely N-dealkylation sites (N-methyl/N-ethyl adjacent to an activating group) is 1. The van der Waals surface area contributed by atoms with Crippen molar-refractivity contribution in [1.29, 1.82) is 0 Å². The quantitative estimate of drug-likeness (QED) is 0.809. The molecule has 0 bridgehead atoms. The molecule has 0 saturated carbocycles. The van der Waals surface area contributed by atoms with Gasteiger partial charge in [0.1, 0.15) is 6.04 Å². The molecule has 0 unspecified atom stereocenters. The maximum Gasteiger partial charge on any atom is 0.244 e. The number of hydrogen-bond donors (Lipinski definition) is 1. The number of rotatable bonds is 3. The van der Waals surface area contributed by atoms with Gasteiger partial charge in [0, 0.05) is 13.6 Å². The van der Waals surface area contributed by atoms with Crippen LogP contribution in [0.3, 0.4) is 0 Å². The molecule has 5 nitrogen and oxygen atoms in total. The third-order valence-electron chi connectivity index (χ3n) is 2.80. The van der Waals surface area contributed by atoms with E-state index in [1.54, 1.807) is 12.1 Å². The number of carbonyl (C=O) groups excluding carboxylic acids is 1. The number of nitrogens with zero attached hydrogens (tertiary/aromatic N) is 3. The Labute approximate surface area is 101 Å². The van der Waals surface area contributed by atoms with E-state index in [0.717, 1.165) is 25.1 Å². The predicted molar refractivity (Wildman–Crippen MR) is 64.8 cm³/mol. The van der Waals surface area contributed by atoms with Crippen LogP contribution in [0.15, 0.2) is 40.7 Å². The maximum atomic E-state index is 11.6. The Morgan fingerprint density at radius 2 is 2.18 bits per heavy atom. The molecule has 1 atom stereocenters. The van der Waals surface area contributed by atoms with Gasteiger partial charge in [-0.3, -0.25) is 9.80 Å². The predicted octanol–water partition coefficient (Wildman–Crippen LogP) is 1.90. The molecule has 1 aromatic carbocycles. The average molecular weight is 232 g/mol. The van der Waals surface area contributed by atoms with Gasteiger partial charge in [-0.1, -0.05) is 23.4 Å². The van der Waals surface area contributed by atoms with E-state index in [1.165, 1.54) is 0 Å². The molecule has 1 aliphatic heterocycles. The van der Waals surface area contributed by atoms with E-state index in [4.69, 9.17) is 0 Å². The van der Waals surface area contributed by atoms with Gasteiger partial charge in [0.05, 0.1) is 5.69 Å². The van der Waals surface area contributed by atoms with E-state index in [-0.39, 0.29) is 11.9 Å². The zero-order valence-electron chi connectivity index (χ0n) is 9.84. The summed E-state index contributed by atoms with van der Waals surface area (Å²) >= 11 is 0. The standard InChI is InChI=1S/C12H16N4O/c1-13-12(17)11-8-5-9-16(11)15-14-10-6-3-2-4-7-10/h2-4,6-7,11H,5,8-9H2,1H3,(H,13,17)/t11-/m1/s1. The molecular weight excluding hydrogens is 216 g/mol. The molecule has 90 valence electrons. The molecule has 0 aromatic heterocycles. The summed E-state index contributed by atoms with van der Waals surface area (Å²) < 4.78 is 0.